The average molecular weight is 359 g/mol. The Morgan fingerprint density at radius 3 is 1.35 bits per heavy atom. The molecule has 0 radical (unpaired) electrons. The number of hydrogen-bond acceptors (Lipinski definition) is 1. The highest BCUT2D eigenvalue weighted by molar-refractivity contribution is 5.78. The van der Waals surface area contributed by atoms with E-state index in [0.29, 0.717) is 12.2 Å². The molecule has 0 aliphatic rings. The van der Waals surface area contributed by atoms with Gasteiger partial charge in [0, 0.05) is 12.8 Å². The third-order valence-electron chi connectivity index (χ3n) is 4.60. The summed E-state index contributed by atoms with van der Waals surface area (Å²) in [6.45, 7) is 13.1. The molecular formula is C25H42O. The molecule has 1 nitrogen and oxygen atoms in total. The van der Waals surface area contributed by atoms with Gasteiger partial charge in [0.1, 0.15) is 5.78 Å². The largest absolute Gasteiger partial charge is 0.300 e. The van der Waals surface area contributed by atoms with E-state index in [-0.39, 0.29) is 0 Å². The maximum atomic E-state index is 11.5. The monoisotopic (exact) mass is 358 g/mol. The standard InChI is InChI=1S/C25H42O/c1-7-12-25(26)20-11-19-24(6)18-10-17-23(5)16-9-15-22(4)14-8-13-21(2)3/h13,15,17,19H,7-12,14,16,18,20H2,1-6H3/b22-15+,23-17+,24-19+. The summed E-state index contributed by atoms with van der Waals surface area (Å²) in [5, 5.41) is 0. The molecule has 0 aromatic rings. The highest BCUT2D eigenvalue weighted by atomic mass is 16.1. The predicted molar refractivity (Wildman–Crippen MR) is 118 cm³/mol. The smallest absolute Gasteiger partial charge is 0.133 e. The zero-order valence-electron chi connectivity index (χ0n) is 18.3. The lowest BCUT2D eigenvalue weighted by atomic mass is 10.0. The van der Waals surface area contributed by atoms with Crippen LogP contribution in [0.3, 0.4) is 0 Å². The second-order valence-corrected chi connectivity index (χ2v) is 7.88. The zero-order chi connectivity index (χ0) is 19.8. The molecule has 0 aliphatic carbocycles. The molecule has 0 saturated heterocycles. The summed E-state index contributed by atoms with van der Waals surface area (Å²) in [6, 6.07) is 0. The van der Waals surface area contributed by atoms with Gasteiger partial charge in [0.25, 0.3) is 0 Å². The molecule has 0 aromatic carbocycles. The van der Waals surface area contributed by atoms with E-state index in [1.807, 2.05) is 0 Å². The summed E-state index contributed by atoms with van der Waals surface area (Å²) in [5.74, 6) is 0.400. The fourth-order valence-electron chi connectivity index (χ4n) is 2.87. The van der Waals surface area contributed by atoms with Crippen LogP contribution in [0.2, 0.25) is 0 Å². The van der Waals surface area contributed by atoms with Crippen molar-refractivity contribution in [2.45, 2.75) is 106 Å². The Morgan fingerprint density at radius 2 is 0.962 bits per heavy atom. The van der Waals surface area contributed by atoms with E-state index >= 15 is 0 Å². The molecule has 0 atom stereocenters. The summed E-state index contributed by atoms with van der Waals surface area (Å²) in [7, 11) is 0. The van der Waals surface area contributed by atoms with Crippen LogP contribution in [0, 0.1) is 0 Å². The number of ketones is 1. The van der Waals surface area contributed by atoms with Crippen LogP contribution in [0.5, 0.6) is 0 Å². The number of Topliss-reactive ketones (excluding diaryl/α,β-unsaturated/α-hetero) is 1. The van der Waals surface area contributed by atoms with Crippen molar-refractivity contribution in [3.63, 3.8) is 0 Å². The van der Waals surface area contributed by atoms with Gasteiger partial charge in [-0.2, -0.15) is 0 Å². The first kappa shape index (κ1) is 24.6. The molecule has 0 aromatic heterocycles. The second kappa shape index (κ2) is 15.9. The van der Waals surface area contributed by atoms with Gasteiger partial charge in [-0.1, -0.05) is 53.5 Å². The SMILES string of the molecule is CCCC(=O)CC/C=C(\C)CC/C=C(\C)CC/C=C(\C)CCC=C(C)C. The van der Waals surface area contributed by atoms with Gasteiger partial charge in [0.15, 0.2) is 0 Å². The van der Waals surface area contributed by atoms with Crippen molar-refractivity contribution in [3.8, 4) is 0 Å². The molecular weight excluding hydrogens is 316 g/mol. The highest BCUT2D eigenvalue weighted by Gasteiger charge is 1.98. The molecule has 1 heteroatoms. The van der Waals surface area contributed by atoms with Crippen LogP contribution in [-0.2, 0) is 4.79 Å². The number of carbonyl (C=O) groups excluding carboxylic acids is 1. The molecule has 0 bridgehead atoms. The van der Waals surface area contributed by atoms with Gasteiger partial charge in [-0.3, -0.25) is 4.79 Å². The summed E-state index contributed by atoms with van der Waals surface area (Å²) >= 11 is 0. The number of rotatable bonds is 14. The lowest BCUT2D eigenvalue weighted by molar-refractivity contribution is -0.119. The Hall–Kier alpha value is -1.37. The normalized spacial score (nSPS) is 13.1. The number of hydrogen-bond donors (Lipinski definition) is 0. The first-order valence-electron chi connectivity index (χ1n) is 10.5. The molecule has 0 unspecified atom stereocenters. The van der Waals surface area contributed by atoms with Crippen LogP contribution in [0.4, 0.5) is 0 Å². The van der Waals surface area contributed by atoms with Crippen LogP contribution in [0.1, 0.15) is 106 Å². The molecule has 0 heterocycles. The molecule has 0 N–H and O–H groups in total. The van der Waals surface area contributed by atoms with Crippen molar-refractivity contribution in [2.75, 3.05) is 0 Å². The van der Waals surface area contributed by atoms with E-state index in [0.717, 1.165) is 51.4 Å². The van der Waals surface area contributed by atoms with E-state index in [2.05, 4.69) is 65.8 Å². The van der Waals surface area contributed by atoms with Crippen molar-refractivity contribution in [1.29, 1.82) is 0 Å². The van der Waals surface area contributed by atoms with Crippen LogP contribution in [0.15, 0.2) is 46.6 Å². The van der Waals surface area contributed by atoms with Crippen molar-refractivity contribution < 1.29 is 4.79 Å². The van der Waals surface area contributed by atoms with Crippen LogP contribution >= 0.6 is 0 Å². The van der Waals surface area contributed by atoms with E-state index in [4.69, 9.17) is 0 Å². The van der Waals surface area contributed by atoms with Crippen molar-refractivity contribution >= 4 is 5.78 Å². The van der Waals surface area contributed by atoms with Crippen molar-refractivity contribution in [1.82, 2.24) is 0 Å². The summed E-state index contributed by atoms with van der Waals surface area (Å²) in [5.41, 5.74) is 5.82. The maximum Gasteiger partial charge on any atom is 0.133 e. The Labute approximate surface area is 163 Å². The second-order valence-electron chi connectivity index (χ2n) is 7.88. The Balaban J connectivity index is 3.99. The van der Waals surface area contributed by atoms with Gasteiger partial charge in [0.05, 0.1) is 0 Å². The van der Waals surface area contributed by atoms with E-state index in [9.17, 15) is 4.79 Å². The van der Waals surface area contributed by atoms with E-state index < -0.39 is 0 Å². The highest BCUT2D eigenvalue weighted by Crippen LogP contribution is 2.14. The minimum absolute atomic E-state index is 0.400. The topological polar surface area (TPSA) is 17.1 Å². The quantitative estimate of drug-likeness (QED) is 0.285. The Kier molecular flexibility index (Phi) is 15.0. The third kappa shape index (κ3) is 16.1. The van der Waals surface area contributed by atoms with Gasteiger partial charge < -0.3 is 0 Å². The molecule has 0 rings (SSSR count). The first-order chi connectivity index (χ1) is 12.3. The lowest BCUT2D eigenvalue weighted by Crippen LogP contribution is -1.95. The molecule has 0 saturated carbocycles. The fraction of sp³-hybridized carbons (Fsp3) is 0.640. The maximum absolute atomic E-state index is 11.5. The van der Waals surface area contributed by atoms with Gasteiger partial charge in [-0.05, 0) is 86.0 Å². The zero-order valence-corrected chi connectivity index (χ0v) is 18.3. The lowest BCUT2D eigenvalue weighted by Gasteiger charge is -2.03. The van der Waals surface area contributed by atoms with Crippen molar-refractivity contribution in [2.24, 2.45) is 0 Å². The summed E-state index contributed by atoms with van der Waals surface area (Å²) < 4.78 is 0. The van der Waals surface area contributed by atoms with E-state index in [1.54, 1.807) is 0 Å². The summed E-state index contributed by atoms with van der Waals surface area (Å²) in [4.78, 5) is 11.5. The fourth-order valence-corrected chi connectivity index (χ4v) is 2.87. The molecule has 148 valence electrons. The van der Waals surface area contributed by atoms with Gasteiger partial charge in [-0.25, -0.2) is 0 Å². The molecule has 0 fully saturated rings. The van der Waals surface area contributed by atoms with Gasteiger partial charge in [-0.15, -0.1) is 0 Å². The van der Waals surface area contributed by atoms with Gasteiger partial charge >= 0.3 is 0 Å². The van der Waals surface area contributed by atoms with Crippen LogP contribution in [-0.4, -0.2) is 5.78 Å². The Bertz CT molecular complexity index is 510. The van der Waals surface area contributed by atoms with Gasteiger partial charge in [0.2, 0.25) is 0 Å². The minimum atomic E-state index is 0.400. The predicted octanol–water partition coefficient (Wildman–Crippen LogP) is 8.28. The van der Waals surface area contributed by atoms with E-state index in [1.165, 1.54) is 28.7 Å². The first-order valence-corrected chi connectivity index (χ1v) is 10.5. The molecule has 0 spiro atoms. The Morgan fingerprint density at radius 1 is 0.577 bits per heavy atom. The van der Waals surface area contributed by atoms with Crippen molar-refractivity contribution in [3.05, 3.63) is 46.6 Å². The van der Waals surface area contributed by atoms with Crippen LogP contribution < -0.4 is 0 Å². The molecule has 26 heavy (non-hydrogen) atoms. The molecule has 0 amide bonds. The third-order valence-corrected chi connectivity index (χ3v) is 4.60. The average Bonchev–Trinajstić information content (AvgIpc) is 2.54. The number of allylic oxidation sites excluding steroid dienone is 8. The summed E-state index contributed by atoms with van der Waals surface area (Å²) in [6.07, 6.45) is 19.5. The molecule has 0 aliphatic heterocycles. The van der Waals surface area contributed by atoms with Crippen LogP contribution in [0.25, 0.3) is 0 Å². The minimum Gasteiger partial charge on any atom is -0.300 e. The number of carbonyl (C=O) groups is 1.